The third kappa shape index (κ3) is 3.16. The molecule has 0 aliphatic carbocycles. The number of nitrogens with one attached hydrogen (secondary N) is 1. The van der Waals surface area contributed by atoms with E-state index >= 15 is 0 Å². The first kappa shape index (κ1) is 14.3. The molecule has 0 saturated carbocycles. The van der Waals surface area contributed by atoms with Gasteiger partial charge in [-0.05, 0) is 25.1 Å². The minimum absolute atomic E-state index is 0.0268. The number of halogens is 1. The average Bonchev–Trinajstić information content (AvgIpc) is 2.97. The quantitative estimate of drug-likeness (QED) is 0.906. The predicted octanol–water partition coefficient (Wildman–Crippen LogP) is 2.70. The maximum absolute atomic E-state index is 12.4. The van der Waals surface area contributed by atoms with E-state index in [4.69, 9.17) is 4.74 Å². The lowest BCUT2D eigenvalue weighted by atomic mass is 10.1. The van der Waals surface area contributed by atoms with Crippen LogP contribution in [0.2, 0.25) is 0 Å². The fourth-order valence-corrected chi connectivity index (χ4v) is 2.64. The predicted molar refractivity (Wildman–Crippen MR) is 83.0 cm³/mol. The number of hydrogen-bond donors (Lipinski definition) is 1. The molecule has 3 rings (SSSR count). The Bertz CT molecular complexity index is 639. The highest BCUT2D eigenvalue weighted by molar-refractivity contribution is 9.10. The lowest BCUT2D eigenvalue weighted by Gasteiger charge is -2.30. The summed E-state index contributed by atoms with van der Waals surface area (Å²) < 4.78 is 6.47. The fraction of sp³-hybridized carbons (Fsp3) is 0.333. The van der Waals surface area contributed by atoms with Gasteiger partial charge in [0.25, 0.3) is 5.91 Å². The largest absolute Gasteiger partial charge is 0.375 e. The van der Waals surface area contributed by atoms with Crippen molar-refractivity contribution in [3.63, 3.8) is 0 Å². The number of nitrogens with zero attached hydrogens (tertiary/aromatic N) is 2. The van der Waals surface area contributed by atoms with E-state index < -0.39 is 0 Å². The zero-order chi connectivity index (χ0) is 14.8. The van der Waals surface area contributed by atoms with E-state index in [0.29, 0.717) is 25.4 Å². The van der Waals surface area contributed by atoms with Gasteiger partial charge >= 0.3 is 0 Å². The first-order valence-electron chi connectivity index (χ1n) is 6.86. The number of aromatic nitrogens is 2. The lowest BCUT2D eigenvalue weighted by molar-refractivity contribution is -0.0126. The Morgan fingerprint density at radius 3 is 2.90 bits per heavy atom. The zero-order valence-corrected chi connectivity index (χ0v) is 13.3. The maximum Gasteiger partial charge on any atom is 0.272 e. The van der Waals surface area contributed by atoms with Crippen molar-refractivity contribution in [2.45, 2.75) is 13.0 Å². The van der Waals surface area contributed by atoms with Crippen molar-refractivity contribution in [2.75, 3.05) is 19.7 Å². The molecule has 1 atom stereocenters. The van der Waals surface area contributed by atoms with Crippen LogP contribution in [0.5, 0.6) is 0 Å². The molecule has 1 fully saturated rings. The minimum atomic E-state index is -0.0268. The summed E-state index contributed by atoms with van der Waals surface area (Å²) in [6, 6.07) is 9.63. The first-order valence-corrected chi connectivity index (χ1v) is 7.65. The second-order valence-corrected chi connectivity index (χ2v) is 6.02. The van der Waals surface area contributed by atoms with Crippen LogP contribution in [-0.4, -0.2) is 46.8 Å². The van der Waals surface area contributed by atoms with E-state index in [-0.39, 0.29) is 12.0 Å². The highest BCUT2D eigenvalue weighted by Gasteiger charge is 2.23. The van der Waals surface area contributed by atoms with Gasteiger partial charge in [-0.15, -0.1) is 0 Å². The summed E-state index contributed by atoms with van der Waals surface area (Å²) in [7, 11) is 0. The van der Waals surface area contributed by atoms with Crippen molar-refractivity contribution in [3.8, 4) is 11.3 Å². The molecule has 1 aliphatic heterocycles. The van der Waals surface area contributed by atoms with Crippen molar-refractivity contribution in [3.05, 3.63) is 40.5 Å². The van der Waals surface area contributed by atoms with Gasteiger partial charge in [0, 0.05) is 23.1 Å². The van der Waals surface area contributed by atoms with E-state index in [0.717, 1.165) is 15.7 Å². The molecular formula is C15H16BrN3O2. The zero-order valence-electron chi connectivity index (χ0n) is 11.7. The van der Waals surface area contributed by atoms with Crippen LogP contribution in [0.25, 0.3) is 11.3 Å². The van der Waals surface area contributed by atoms with Crippen molar-refractivity contribution in [2.24, 2.45) is 0 Å². The van der Waals surface area contributed by atoms with Crippen molar-refractivity contribution < 1.29 is 9.53 Å². The van der Waals surface area contributed by atoms with Crippen LogP contribution < -0.4 is 0 Å². The highest BCUT2D eigenvalue weighted by atomic mass is 79.9. The molecule has 1 aromatic carbocycles. The van der Waals surface area contributed by atoms with E-state index in [1.165, 1.54) is 0 Å². The van der Waals surface area contributed by atoms with E-state index in [9.17, 15) is 4.79 Å². The number of aromatic amines is 1. The Labute approximate surface area is 131 Å². The van der Waals surface area contributed by atoms with Crippen LogP contribution in [0.15, 0.2) is 34.8 Å². The van der Waals surface area contributed by atoms with Crippen LogP contribution in [0.3, 0.4) is 0 Å². The van der Waals surface area contributed by atoms with Gasteiger partial charge in [-0.25, -0.2) is 0 Å². The molecule has 110 valence electrons. The number of carbonyl (C=O) groups is 1. The molecule has 1 amide bonds. The van der Waals surface area contributed by atoms with Gasteiger partial charge < -0.3 is 9.64 Å². The van der Waals surface area contributed by atoms with E-state index in [1.807, 2.05) is 31.2 Å². The Balaban J connectivity index is 1.78. The maximum atomic E-state index is 12.4. The molecule has 1 aliphatic rings. The third-order valence-electron chi connectivity index (χ3n) is 3.48. The Hall–Kier alpha value is -1.66. The molecule has 2 aromatic rings. The number of morpholine rings is 1. The van der Waals surface area contributed by atoms with Crippen LogP contribution in [-0.2, 0) is 4.74 Å². The number of ether oxygens (including phenoxy) is 1. The number of H-pyrrole nitrogens is 1. The minimum Gasteiger partial charge on any atom is -0.375 e. The molecule has 6 heteroatoms. The standard InChI is InChI=1S/C15H16BrN3O2/c1-10-9-19(6-7-21-10)15(20)14-8-13(17-18-14)11-2-4-12(16)5-3-11/h2-5,8,10H,6-7,9H2,1H3,(H,17,18)/t10-/m0/s1. The first-order chi connectivity index (χ1) is 10.1. The van der Waals surface area contributed by atoms with Gasteiger partial charge in [-0.1, -0.05) is 28.1 Å². The Morgan fingerprint density at radius 2 is 2.19 bits per heavy atom. The number of amides is 1. The monoisotopic (exact) mass is 349 g/mol. The molecule has 1 N–H and O–H groups in total. The summed E-state index contributed by atoms with van der Waals surface area (Å²) in [6.07, 6.45) is 0.0802. The number of rotatable bonds is 2. The SMILES string of the molecule is C[C@H]1CN(C(=O)c2cc(-c3ccc(Br)cc3)n[nH]2)CCO1. The van der Waals surface area contributed by atoms with Gasteiger partial charge in [-0.3, -0.25) is 9.89 Å². The molecule has 1 saturated heterocycles. The summed E-state index contributed by atoms with van der Waals surface area (Å²) in [5, 5.41) is 7.07. The molecule has 0 unspecified atom stereocenters. The molecule has 21 heavy (non-hydrogen) atoms. The summed E-state index contributed by atoms with van der Waals surface area (Å²) in [4.78, 5) is 14.2. The summed E-state index contributed by atoms with van der Waals surface area (Å²) in [6.45, 7) is 3.79. The molecular weight excluding hydrogens is 334 g/mol. The second-order valence-electron chi connectivity index (χ2n) is 5.11. The van der Waals surface area contributed by atoms with Gasteiger partial charge in [0.2, 0.25) is 0 Å². The lowest BCUT2D eigenvalue weighted by Crippen LogP contribution is -2.44. The van der Waals surface area contributed by atoms with Gasteiger partial charge in [0.1, 0.15) is 5.69 Å². The number of carbonyl (C=O) groups excluding carboxylic acids is 1. The molecule has 2 heterocycles. The third-order valence-corrected chi connectivity index (χ3v) is 4.01. The summed E-state index contributed by atoms with van der Waals surface area (Å²) in [5.41, 5.74) is 2.26. The van der Waals surface area contributed by atoms with Crippen molar-refractivity contribution in [1.82, 2.24) is 15.1 Å². The van der Waals surface area contributed by atoms with Gasteiger partial charge in [0.15, 0.2) is 0 Å². The smallest absolute Gasteiger partial charge is 0.272 e. The van der Waals surface area contributed by atoms with Gasteiger partial charge in [0.05, 0.1) is 18.4 Å². The van der Waals surface area contributed by atoms with E-state index in [2.05, 4.69) is 26.1 Å². The van der Waals surface area contributed by atoms with Crippen LogP contribution in [0.4, 0.5) is 0 Å². The average molecular weight is 350 g/mol. The summed E-state index contributed by atoms with van der Waals surface area (Å²) in [5.74, 6) is -0.0268. The molecule has 0 radical (unpaired) electrons. The number of benzene rings is 1. The Morgan fingerprint density at radius 1 is 1.43 bits per heavy atom. The normalized spacial score (nSPS) is 18.8. The molecule has 5 nitrogen and oxygen atoms in total. The van der Waals surface area contributed by atoms with Crippen molar-refractivity contribution in [1.29, 1.82) is 0 Å². The second kappa shape index (κ2) is 5.99. The van der Waals surface area contributed by atoms with E-state index in [1.54, 1.807) is 11.0 Å². The van der Waals surface area contributed by atoms with Crippen LogP contribution in [0, 0.1) is 0 Å². The topological polar surface area (TPSA) is 58.2 Å². The number of hydrogen-bond acceptors (Lipinski definition) is 3. The van der Waals surface area contributed by atoms with Crippen molar-refractivity contribution >= 4 is 21.8 Å². The summed E-state index contributed by atoms with van der Waals surface area (Å²) >= 11 is 3.40. The molecule has 0 bridgehead atoms. The fourth-order valence-electron chi connectivity index (χ4n) is 2.37. The molecule has 1 aromatic heterocycles. The van der Waals surface area contributed by atoms with Gasteiger partial charge in [-0.2, -0.15) is 5.10 Å². The van der Waals surface area contributed by atoms with Crippen LogP contribution >= 0.6 is 15.9 Å². The Kier molecular flexibility index (Phi) is 4.07. The molecule has 0 spiro atoms. The van der Waals surface area contributed by atoms with Crippen LogP contribution in [0.1, 0.15) is 17.4 Å². The highest BCUT2D eigenvalue weighted by Crippen LogP contribution is 2.21.